The molecule has 0 amide bonds. The average Bonchev–Trinajstić information content (AvgIpc) is 3.45. The van der Waals surface area contributed by atoms with Crippen LogP contribution in [-0.4, -0.2) is 30.0 Å². The molecule has 9 heteroatoms. The zero-order valence-corrected chi connectivity index (χ0v) is 20.7. The molecule has 0 fully saturated rings. The zero-order chi connectivity index (χ0) is 22.4. The first-order valence-corrected chi connectivity index (χ1v) is 12.5. The van der Waals surface area contributed by atoms with E-state index >= 15 is 0 Å². The van der Waals surface area contributed by atoms with Crippen molar-refractivity contribution in [3.63, 3.8) is 0 Å². The highest BCUT2D eigenvalue weighted by molar-refractivity contribution is 8.01. The summed E-state index contributed by atoms with van der Waals surface area (Å²) >= 11 is 15.8. The molecule has 5 aromatic rings. The van der Waals surface area contributed by atoms with Gasteiger partial charge in [0.15, 0.2) is 0 Å². The molecule has 0 aliphatic heterocycles. The van der Waals surface area contributed by atoms with Gasteiger partial charge >= 0.3 is 0 Å². The molecule has 0 aliphatic carbocycles. The van der Waals surface area contributed by atoms with Gasteiger partial charge in [0.25, 0.3) is 0 Å². The summed E-state index contributed by atoms with van der Waals surface area (Å²) in [7, 11) is 0. The molecule has 0 atom stereocenters. The molecule has 0 saturated carbocycles. The number of nitrogens with zero attached hydrogens (tertiary/aromatic N) is 4. The second-order valence-electron chi connectivity index (χ2n) is 7.60. The van der Waals surface area contributed by atoms with Crippen LogP contribution in [0.25, 0.3) is 38.8 Å². The van der Waals surface area contributed by atoms with Crippen LogP contribution in [0.2, 0.25) is 10.0 Å². The molecule has 0 saturated heterocycles. The molecule has 3 aromatic heterocycles. The van der Waals surface area contributed by atoms with Gasteiger partial charge in [-0.1, -0.05) is 66.6 Å². The van der Waals surface area contributed by atoms with E-state index in [0.29, 0.717) is 15.3 Å². The lowest BCUT2D eigenvalue weighted by Gasteiger charge is -2.05. The summed E-state index contributed by atoms with van der Waals surface area (Å²) in [6, 6.07) is 13.6. The standard InChI is InChI=1S/C23H19Cl2N5S2/c1-12(2)31-22-20(14-8-9-16(24)17(25)10-14)28-23(32-22)30-11-15(13(3)29-30)21-26-18-6-4-5-7-19(18)27-21/h4-12H,1-3H3,(H,26,27). The van der Waals surface area contributed by atoms with Gasteiger partial charge in [0, 0.05) is 17.0 Å². The largest absolute Gasteiger partial charge is 0.338 e. The van der Waals surface area contributed by atoms with Crippen LogP contribution in [-0.2, 0) is 0 Å². The van der Waals surface area contributed by atoms with Crippen LogP contribution in [0.5, 0.6) is 0 Å². The molecule has 2 aromatic carbocycles. The van der Waals surface area contributed by atoms with E-state index in [1.54, 1.807) is 29.2 Å². The lowest BCUT2D eigenvalue weighted by atomic mass is 10.2. The number of imidazole rings is 1. The number of H-pyrrole nitrogens is 1. The molecule has 5 rings (SSSR count). The van der Waals surface area contributed by atoms with Gasteiger partial charge in [-0.2, -0.15) is 5.10 Å². The molecule has 162 valence electrons. The van der Waals surface area contributed by atoms with E-state index in [4.69, 9.17) is 38.3 Å². The molecule has 32 heavy (non-hydrogen) atoms. The number of fused-ring (bicyclic) bond motifs is 1. The molecule has 0 radical (unpaired) electrons. The molecule has 3 heterocycles. The topological polar surface area (TPSA) is 59.4 Å². The molecular formula is C23H19Cl2N5S2. The highest BCUT2D eigenvalue weighted by atomic mass is 35.5. The lowest BCUT2D eigenvalue weighted by Crippen LogP contribution is -1.94. The third-order valence-electron chi connectivity index (χ3n) is 4.86. The number of rotatable bonds is 5. The third-order valence-corrected chi connectivity index (χ3v) is 7.86. The molecular weight excluding hydrogens is 481 g/mol. The Morgan fingerprint density at radius 3 is 2.62 bits per heavy atom. The average molecular weight is 500 g/mol. The molecule has 1 N–H and O–H groups in total. The van der Waals surface area contributed by atoms with Crippen molar-refractivity contribution in [2.75, 3.05) is 0 Å². The number of thiazole rings is 1. The second kappa shape index (κ2) is 8.56. The van der Waals surface area contributed by atoms with Gasteiger partial charge < -0.3 is 4.98 Å². The van der Waals surface area contributed by atoms with Crippen LogP contribution in [0.15, 0.2) is 52.9 Å². The number of hydrogen-bond donors (Lipinski definition) is 1. The molecule has 0 bridgehead atoms. The Morgan fingerprint density at radius 2 is 1.88 bits per heavy atom. The monoisotopic (exact) mass is 499 g/mol. The summed E-state index contributed by atoms with van der Waals surface area (Å²) in [6.07, 6.45) is 1.98. The minimum Gasteiger partial charge on any atom is -0.338 e. The van der Waals surface area contributed by atoms with E-state index in [-0.39, 0.29) is 0 Å². The van der Waals surface area contributed by atoms with Crippen LogP contribution in [0.1, 0.15) is 19.5 Å². The van der Waals surface area contributed by atoms with Crippen molar-refractivity contribution < 1.29 is 0 Å². The fraction of sp³-hybridized carbons (Fsp3) is 0.174. The highest BCUT2D eigenvalue weighted by Gasteiger charge is 2.19. The van der Waals surface area contributed by atoms with E-state index in [9.17, 15) is 0 Å². The quantitative estimate of drug-likeness (QED) is 0.252. The summed E-state index contributed by atoms with van der Waals surface area (Å²) < 4.78 is 2.94. The summed E-state index contributed by atoms with van der Waals surface area (Å²) in [6.45, 7) is 6.32. The fourth-order valence-corrected chi connectivity index (χ4v) is 6.13. The predicted molar refractivity (Wildman–Crippen MR) is 136 cm³/mol. The first kappa shape index (κ1) is 21.5. The van der Waals surface area contributed by atoms with Crippen LogP contribution < -0.4 is 0 Å². The summed E-state index contributed by atoms with van der Waals surface area (Å²) in [5.74, 6) is 0.799. The van der Waals surface area contributed by atoms with Crippen molar-refractivity contribution in [3.05, 3.63) is 64.4 Å². The second-order valence-corrected chi connectivity index (χ2v) is 11.2. The maximum absolute atomic E-state index is 6.28. The van der Waals surface area contributed by atoms with Gasteiger partial charge in [-0.3, -0.25) is 0 Å². The third kappa shape index (κ3) is 4.06. The highest BCUT2D eigenvalue weighted by Crippen LogP contribution is 2.41. The Bertz CT molecular complexity index is 1400. The Hall–Kier alpha value is -2.32. The van der Waals surface area contributed by atoms with Gasteiger partial charge in [-0.15, -0.1) is 11.8 Å². The molecule has 0 aliphatic rings. The van der Waals surface area contributed by atoms with Gasteiger partial charge in [0.05, 0.1) is 42.2 Å². The van der Waals surface area contributed by atoms with Crippen molar-refractivity contribution in [3.8, 4) is 27.8 Å². The van der Waals surface area contributed by atoms with E-state index < -0.39 is 0 Å². The Morgan fingerprint density at radius 1 is 1.06 bits per heavy atom. The summed E-state index contributed by atoms with van der Waals surface area (Å²) in [5.41, 5.74) is 5.59. The number of aromatic amines is 1. The van der Waals surface area contributed by atoms with Crippen molar-refractivity contribution in [2.24, 2.45) is 0 Å². The Labute approximate surface area is 203 Å². The van der Waals surface area contributed by atoms with Crippen molar-refractivity contribution in [2.45, 2.75) is 30.2 Å². The SMILES string of the molecule is Cc1nn(-c2nc(-c3ccc(Cl)c(Cl)c3)c(SC(C)C)s2)cc1-c1nc2ccccc2[nH]1. The van der Waals surface area contributed by atoms with E-state index in [2.05, 4.69) is 18.8 Å². The smallest absolute Gasteiger partial charge is 0.211 e. The van der Waals surface area contributed by atoms with Crippen LogP contribution >= 0.6 is 46.3 Å². The Kier molecular flexibility index (Phi) is 5.75. The minimum atomic E-state index is 0.412. The zero-order valence-electron chi connectivity index (χ0n) is 17.6. The number of thioether (sulfide) groups is 1. The van der Waals surface area contributed by atoms with Crippen molar-refractivity contribution >= 4 is 57.3 Å². The maximum Gasteiger partial charge on any atom is 0.211 e. The summed E-state index contributed by atoms with van der Waals surface area (Å²) in [5, 5.41) is 6.98. The number of aryl methyl sites for hydroxylation is 1. The Balaban J connectivity index is 1.58. The van der Waals surface area contributed by atoms with Gasteiger partial charge in [-0.25, -0.2) is 14.6 Å². The van der Waals surface area contributed by atoms with Gasteiger partial charge in [-0.05, 0) is 31.2 Å². The van der Waals surface area contributed by atoms with Crippen LogP contribution in [0, 0.1) is 6.92 Å². The number of benzene rings is 2. The van der Waals surface area contributed by atoms with E-state index in [1.165, 1.54) is 0 Å². The van der Waals surface area contributed by atoms with Crippen LogP contribution in [0.4, 0.5) is 0 Å². The molecule has 5 nitrogen and oxygen atoms in total. The van der Waals surface area contributed by atoms with Gasteiger partial charge in [0.2, 0.25) is 5.13 Å². The van der Waals surface area contributed by atoms with Gasteiger partial charge in [0.1, 0.15) is 5.82 Å². The first-order valence-electron chi connectivity index (χ1n) is 10.0. The van der Waals surface area contributed by atoms with Crippen molar-refractivity contribution in [1.29, 1.82) is 0 Å². The van der Waals surface area contributed by atoms with Crippen LogP contribution in [0.3, 0.4) is 0 Å². The van der Waals surface area contributed by atoms with E-state index in [0.717, 1.165) is 48.7 Å². The summed E-state index contributed by atoms with van der Waals surface area (Å²) in [4.78, 5) is 13.0. The van der Waals surface area contributed by atoms with E-state index in [1.807, 2.05) is 54.2 Å². The minimum absolute atomic E-state index is 0.412. The maximum atomic E-state index is 6.28. The number of hydrogen-bond acceptors (Lipinski definition) is 5. The molecule has 0 spiro atoms. The lowest BCUT2D eigenvalue weighted by molar-refractivity contribution is 0.853. The fourth-order valence-electron chi connectivity index (χ4n) is 3.38. The number of aromatic nitrogens is 5. The first-order chi connectivity index (χ1) is 15.4. The number of nitrogens with one attached hydrogen (secondary N) is 1. The molecule has 0 unspecified atom stereocenters. The predicted octanol–water partition coefficient (Wildman–Crippen LogP) is 7.65. The number of halogens is 2. The number of para-hydroxylation sites is 2. The normalized spacial score (nSPS) is 11.7. The van der Waals surface area contributed by atoms with Crippen molar-refractivity contribution in [1.82, 2.24) is 24.7 Å².